The second-order valence-electron chi connectivity index (χ2n) is 9.79. The number of rotatable bonds is 6. The average Bonchev–Trinajstić information content (AvgIpc) is 2.90. The van der Waals surface area contributed by atoms with Crippen molar-refractivity contribution in [2.75, 3.05) is 39.3 Å². The summed E-state index contributed by atoms with van der Waals surface area (Å²) < 4.78 is 0. The molecule has 0 amide bonds. The maximum atomic E-state index is 2.64. The van der Waals surface area contributed by atoms with Crippen LogP contribution in [0.1, 0.15) is 33.4 Å². The molecule has 1 heterocycles. The van der Waals surface area contributed by atoms with Crippen molar-refractivity contribution < 1.29 is 0 Å². The van der Waals surface area contributed by atoms with E-state index >= 15 is 0 Å². The predicted molar refractivity (Wildman–Crippen MR) is 139 cm³/mol. The van der Waals surface area contributed by atoms with Gasteiger partial charge in [-0.05, 0) is 37.5 Å². The lowest BCUT2D eigenvalue weighted by Gasteiger charge is -2.26. The Balaban J connectivity index is 1.46. The van der Waals surface area contributed by atoms with Gasteiger partial charge in [0, 0.05) is 58.9 Å². The number of nitrogens with zero attached hydrogens (tertiary/aromatic N) is 3. The summed E-state index contributed by atoms with van der Waals surface area (Å²) in [4.78, 5) is 7.92. The summed E-state index contributed by atoms with van der Waals surface area (Å²) in [6.07, 6.45) is 0. The van der Waals surface area contributed by atoms with Crippen molar-refractivity contribution in [3.05, 3.63) is 106 Å². The molecule has 0 atom stereocenters. The van der Waals surface area contributed by atoms with Gasteiger partial charge >= 0.3 is 0 Å². The average molecular weight is 442 g/mol. The molecule has 0 aromatic heterocycles. The monoisotopic (exact) mass is 441 g/mol. The third-order valence-electron chi connectivity index (χ3n) is 6.78. The van der Waals surface area contributed by atoms with Gasteiger partial charge in [0.1, 0.15) is 0 Å². The van der Waals surface area contributed by atoms with Gasteiger partial charge in [-0.1, -0.05) is 89.5 Å². The Kier molecular flexibility index (Phi) is 8.33. The summed E-state index contributed by atoms with van der Waals surface area (Å²) in [6.45, 7) is 16.2. The molecule has 1 aliphatic rings. The van der Waals surface area contributed by atoms with E-state index in [0.717, 1.165) is 58.9 Å². The minimum Gasteiger partial charge on any atom is -0.297 e. The normalized spacial score (nSPS) is 16.8. The highest BCUT2D eigenvalue weighted by Gasteiger charge is 2.17. The van der Waals surface area contributed by atoms with E-state index in [1.54, 1.807) is 0 Å². The molecule has 4 rings (SSSR count). The molecular formula is C30H39N3. The fourth-order valence-electron chi connectivity index (χ4n) is 4.51. The molecule has 1 saturated heterocycles. The van der Waals surface area contributed by atoms with Crippen molar-refractivity contribution in [3.63, 3.8) is 0 Å². The minimum absolute atomic E-state index is 1.02. The lowest BCUT2D eigenvalue weighted by molar-refractivity contribution is 0.209. The lowest BCUT2D eigenvalue weighted by atomic mass is 10.1. The molecule has 0 bridgehead atoms. The van der Waals surface area contributed by atoms with E-state index in [9.17, 15) is 0 Å². The van der Waals surface area contributed by atoms with Crippen LogP contribution in [0, 0.1) is 20.8 Å². The molecule has 3 nitrogen and oxygen atoms in total. The van der Waals surface area contributed by atoms with E-state index in [1.165, 1.54) is 33.4 Å². The topological polar surface area (TPSA) is 9.72 Å². The Morgan fingerprint density at radius 3 is 0.818 bits per heavy atom. The van der Waals surface area contributed by atoms with Crippen LogP contribution in [-0.4, -0.2) is 54.0 Å². The van der Waals surface area contributed by atoms with Crippen molar-refractivity contribution in [1.82, 2.24) is 14.7 Å². The third-order valence-corrected chi connectivity index (χ3v) is 6.78. The Hall–Kier alpha value is -2.46. The predicted octanol–water partition coefficient (Wildman–Crippen LogP) is 5.43. The van der Waals surface area contributed by atoms with Gasteiger partial charge in [-0.2, -0.15) is 0 Å². The van der Waals surface area contributed by atoms with Crippen molar-refractivity contribution in [1.29, 1.82) is 0 Å². The van der Waals surface area contributed by atoms with Crippen LogP contribution in [0.3, 0.4) is 0 Å². The maximum Gasteiger partial charge on any atom is 0.0234 e. The van der Waals surface area contributed by atoms with Crippen LogP contribution in [0.5, 0.6) is 0 Å². The molecule has 0 aliphatic carbocycles. The maximum absolute atomic E-state index is 2.64. The molecule has 3 aromatic carbocycles. The van der Waals surface area contributed by atoms with E-state index < -0.39 is 0 Å². The lowest BCUT2D eigenvalue weighted by Crippen LogP contribution is -2.35. The van der Waals surface area contributed by atoms with Gasteiger partial charge in [0.05, 0.1) is 0 Å². The van der Waals surface area contributed by atoms with Gasteiger partial charge in [0.15, 0.2) is 0 Å². The number of benzene rings is 3. The van der Waals surface area contributed by atoms with Crippen molar-refractivity contribution in [3.8, 4) is 0 Å². The Morgan fingerprint density at radius 2 is 0.606 bits per heavy atom. The molecule has 0 spiro atoms. The molecule has 1 aliphatic heterocycles. The summed E-state index contributed by atoms with van der Waals surface area (Å²) in [7, 11) is 0. The zero-order chi connectivity index (χ0) is 23.0. The Bertz CT molecular complexity index is 833. The minimum atomic E-state index is 1.02. The van der Waals surface area contributed by atoms with Gasteiger partial charge in [0.2, 0.25) is 0 Å². The zero-order valence-electron chi connectivity index (χ0n) is 20.6. The van der Waals surface area contributed by atoms with Crippen LogP contribution in [0.2, 0.25) is 0 Å². The van der Waals surface area contributed by atoms with Crippen LogP contribution in [0.4, 0.5) is 0 Å². The largest absolute Gasteiger partial charge is 0.297 e. The van der Waals surface area contributed by atoms with Crippen LogP contribution in [0.15, 0.2) is 72.8 Å². The van der Waals surface area contributed by atoms with E-state index in [-0.39, 0.29) is 0 Å². The van der Waals surface area contributed by atoms with Gasteiger partial charge in [-0.25, -0.2) is 0 Å². The fourth-order valence-corrected chi connectivity index (χ4v) is 4.51. The van der Waals surface area contributed by atoms with E-state index in [0.29, 0.717) is 0 Å². The van der Waals surface area contributed by atoms with Crippen molar-refractivity contribution in [2.45, 2.75) is 40.4 Å². The molecule has 1 fully saturated rings. The summed E-state index contributed by atoms with van der Waals surface area (Å²) >= 11 is 0. The summed E-state index contributed by atoms with van der Waals surface area (Å²) in [5.41, 5.74) is 8.23. The van der Waals surface area contributed by atoms with Crippen molar-refractivity contribution >= 4 is 0 Å². The first kappa shape index (κ1) is 23.7. The first-order valence-corrected chi connectivity index (χ1v) is 12.4. The highest BCUT2D eigenvalue weighted by Crippen LogP contribution is 2.13. The smallest absolute Gasteiger partial charge is 0.0234 e. The second-order valence-corrected chi connectivity index (χ2v) is 9.79. The molecule has 0 unspecified atom stereocenters. The van der Waals surface area contributed by atoms with Gasteiger partial charge in [-0.15, -0.1) is 0 Å². The van der Waals surface area contributed by atoms with E-state index in [2.05, 4.69) is 108 Å². The van der Waals surface area contributed by atoms with Crippen LogP contribution in [0.25, 0.3) is 0 Å². The highest BCUT2D eigenvalue weighted by atomic mass is 15.3. The number of aryl methyl sites for hydroxylation is 3. The molecule has 174 valence electrons. The highest BCUT2D eigenvalue weighted by molar-refractivity contribution is 5.23. The molecule has 0 radical (unpaired) electrons. The Morgan fingerprint density at radius 1 is 0.394 bits per heavy atom. The number of hydrogen-bond acceptors (Lipinski definition) is 3. The second kappa shape index (κ2) is 11.6. The zero-order valence-corrected chi connectivity index (χ0v) is 20.6. The summed E-state index contributed by atoms with van der Waals surface area (Å²) in [5, 5.41) is 0. The first-order valence-electron chi connectivity index (χ1n) is 12.4. The molecule has 0 saturated carbocycles. The standard InChI is InChI=1S/C30H39N3/c1-25-4-10-28(11-5-25)22-31-16-18-32(23-29-12-6-26(2)7-13-29)20-21-33(19-17-31)24-30-14-8-27(3)9-15-30/h4-15H,16-24H2,1-3H3. The summed E-state index contributed by atoms with van der Waals surface area (Å²) in [5.74, 6) is 0. The van der Waals surface area contributed by atoms with Crippen LogP contribution >= 0.6 is 0 Å². The Labute approximate surface area is 200 Å². The number of hydrogen-bond donors (Lipinski definition) is 0. The molecule has 3 heteroatoms. The van der Waals surface area contributed by atoms with Crippen LogP contribution in [-0.2, 0) is 19.6 Å². The van der Waals surface area contributed by atoms with E-state index in [1.807, 2.05) is 0 Å². The molecule has 3 aromatic rings. The van der Waals surface area contributed by atoms with Crippen LogP contribution < -0.4 is 0 Å². The fraction of sp³-hybridized carbons (Fsp3) is 0.400. The third kappa shape index (κ3) is 7.53. The SMILES string of the molecule is Cc1ccc(CN2CCN(Cc3ccc(C)cc3)CCN(Cc3ccc(C)cc3)CC2)cc1. The molecule has 33 heavy (non-hydrogen) atoms. The van der Waals surface area contributed by atoms with Gasteiger partial charge in [0.25, 0.3) is 0 Å². The summed E-state index contributed by atoms with van der Waals surface area (Å²) in [6, 6.07) is 27.1. The quantitative estimate of drug-likeness (QED) is 0.505. The van der Waals surface area contributed by atoms with Crippen molar-refractivity contribution in [2.24, 2.45) is 0 Å². The first-order chi connectivity index (χ1) is 16.0. The van der Waals surface area contributed by atoms with E-state index in [4.69, 9.17) is 0 Å². The van der Waals surface area contributed by atoms with Gasteiger partial charge < -0.3 is 0 Å². The molecule has 0 N–H and O–H groups in total. The van der Waals surface area contributed by atoms with Gasteiger partial charge in [-0.3, -0.25) is 14.7 Å². The molecular weight excluding hydrogens is 402 g/mol.